The van der Waals surface area contributed by atoms with Gasteiger partial charge in [0.05, 0.1) is 11.9 Å². The zero-order valence-corrected chi connectivity index (χ0v) is 18.2. The molecule has 2 aromatic heterocycles. The van der Waals surface area contributed by atoms with Crippen molar-refractivity contribution in [2.24, 2.45) is 5.73 Å². The Morgan fingerprint density at radius 2 is 1.61 bits per heavy atom. The van der Waals surface area contributed by atoms with Crippen LogP contribution in [-0.2, 0) is 0 Å². The number of nitrogens with two attached hydrogens (primary N) is 1. The summed E-state index contributed by atoms with van der Waals surface area (Å²) >= 11 is 0. The van der Waals surface area contributed by atoms with Crippen LogP contribution in [0.1, 0.15) is 36.2 Å². The summed E-state index contributed by atoms with van der Waals surface area (Å²) in [5.74, 6) is 0.417. The molecule has 5 rings (SSSR count). The average molecular weight is 442 g/mol. The van der Waals surface area contributed by atoms with E-state index in [-0.39, 0.29) is 11.9 Å². The summed E-state index contributed by atoms with van der Waals surface area (Å²) < 4.78 is 1.60. The molecule has 0 bridgehead atoms. The van der Waals surface area contributed by atoms with Gasteiger partial charge in [-0.1, -0.05) is 36.4 Å². The zero-order chi connectivity index (χ0) is 22.6. The molecule has 2 aromatic carbocycles. The molecule has 1 amide bonds. The van der Waals surface area contributed by atoms with Crippen LogP contribution in [0.3, 0.4) is 0 Å². The molecule has 2 heterocycles. The van der Waals surface area contributed by atoms with Gasteiger partial charge in [-0.3, -0.25) is 4.79 Å². The van der Waals surface area contributed by atoms with Gasteiger partial charge >= 0.3 is 0 Å². The minimum atomic E-state index is -0.271. The molecule has 0 saturated heterocycles. The average Bonchev–Trinajstić information content (AvgIpc) is 3.26. The Labute approximate surface area is 192 Å². The number of aromatic nitrogens is 3. The number of nitrogens with zero attached hydrogens (tertiary/aromatic N) is 3. The highest BCUT2D eigenvalue weighted by atomic mass is 16.2. The van der Waals surface area contributed by atoms with Crippen LogP contribution in [0.4, 0.5) is 22.9 Å². The Balaban J connectivity index is 1.49. The summed E-state index contributed by atoms with van der Waals surface area (Å²) in [6.45, 7) is 0. The summed E-state index contributed by atoms with van der Waals surface area (Å²) in [5, 5.41) is 14.6. The first-order valence-corrected chi connectivity index (χ1v) is 11.2. The van der Waals surface area contributed by atoms with Gasteiger partial charge < -0.3 is 21.7 Å². The molecule has 1 fully saturated rings. The fourth-order valence-corrected chi connectivity index (χ4v) is 4.15. The van der Waals surface area contributed by atoms with E-state index in [0.29, 0.717) is 28.9 Å². The molecule has 1 aliphatic carbocycles. The van der Waals surface area contributed by atoms with Crippen molar-refractivity contribution in [3.8, 4) is 0 Å². The molecule has 4 aromatic rings. The van der Waals surface area contributed by atoms with E-state index in [0.717, 1.165) is 37.1 Å². The van der Waals surface area contributed by atoms with Crippen molar-refractivity contribution >= 4 is 34.4 Å². The molecule has 33 heavy (non-hydrogen) atoms. The SMILES string of the molecule is NC1CCC(Nc2cc(Nc3ccccc3)c3ncc(C(=O)Nc4ccccc4)n3n2)CC1. The van der Waals surface area contributed by atoms with Crippen molar-refractivity contribution in [3.63, 3.8) is 0 Å². The maximum Gasteiger partial charge on any atom is 0.276 e. The van der Waals surface area contributed by atoms with Crippen molar-refractivity contribution in [3.05, 3.63) is 78.6 Å². The van der Waals surface area contributed by atoms with E-state index in [1.54, 1.807) is 10.7 Å². The van der Waals surface area contributed by atoms with Gasteiger partial charge in [0, 0.05) is 29.5 Å². The van der Waals surface area contributed by atoms with Crippen LogP contribution < -0.4 is 21.7 Å². The molecule has 0 radical (unpaired) electrons. The number of imidazole rings is 1. The first-order valence-electron chi connectivity index (χ1n) is 11.2. The lowest BCUT2D eigenvalue weighted by atomic mass is 9.92. The molecule has 1 saturated carbocycles. The predicted octanol–water partition coefficient (Wildman–Crippen LogP) is 4.41. The Hall–Kier alpha value is -3.91. The number of fused-ring (bicyclic) bond motifs is 1. The number of hydrogen-bond acceptors (Lipinski definition) is 6. The smallest absolute Gasteiger partial charge is 0.276 e. The molecule has 0 unspecified atom stereocenters. The standard InChI is InChI=1S/C25H27N7O/c26-17-11-13-20(14-12-17)29-23-15-21(28-18-7-3-1-4-8-18)24-27-16-22(32(24)31-23)25(33)30-19-9-5-2-6-10-19/h1-10,15-17,20,28H,11-14,26H2,(H,29,31)(H,30,33). The highest BCUT2D eigenvalue weighted by Gasteiger charge is 2.21. The van der Waals surface area contributed by atoms with E-state index in [1.165, 1.54) is 0 Å². The number of amides is 1. The minimum Gasteiger partial charge on any atom is -0.366 e. The van der Waals surface area contributed by atoms with Gasteiger partial charge in [-0.2, -0.15) is 0 Å². The second-order valence-electron chi connectivity index (χ2n) is 8.39. The van der Waals surface area contributed by atoms with Crippen molar-refractivity contribution in [1.29, 1.82) is 0 Å². The van der Waals surface area contributed by atoms with Crippen LogP contribution in [0.2, 0.25) is 0 Å². The van der Waals surface area contributed by atoms with E-state index in [1.807, 2.05) is 66.7 Å². The first kappa shape index (κ1) is 21.0. The third-order valence-corrected chi connectivity index (χ3v) is 5.91. The summed E-state index contributed by atoms with van der Waals surface area (Å²) in [7, 11) is 0. The quantitative estimate of drug-likeness (QED) is 0.353. The highest BCUT2D eigenvalue weighted by Crippen LogP contribution is 2.27. The number of hydrogen-bond donors (Lipinski definition) is 4. The Morgan fingerprint density at radius 1 is 0.939 bits per heavy atom. The summed E-state index contributed by atoms with van der Waals surface area (Å²) in [6.07, 6.45) is 5.52. The maximum absolute atomic E-state index is 13.0. The number of rotatable bonds is 6. The third-order valence-electron chi connectivity index (χ3n) is 5.91. The van der Waals surface area contributed by atoms with Gasteiger partial charge in [-0.05, 0) is 49.9 Å². The third kappa shape index (κ3) is 4.80. The van der Waals surface area contributed by atoms with Gasteiger partial charge in [0.1, 0.15) is 5.82 Å². The molecule has 0 spiro atoms. The zero-order valence-electron chi connectivity index (χ0n) is 18.2. The number of anilines is 4. The summed E-state index contributed by atoms with van der Waals surface area (Å²) in [5.41, 5.74) is 9.42. The summed E-state index contributed by atoms with van der Waals surface area (Å²) in [4.78, 5) is 17.5. The number of benzene rings is 2. The van der Waals surface area contributed by atoms with Gasteiger partial charge in [0.2, 0.25) is 0 Å². The largest absolute Gasteiger partial charge is 0.366 e. The van der Waals surface area contributed by atoms with Crippen LogP contribution in [0.25, 0.3) is 5.65 Å². The maximum atomic E-state index is 13.0. The van der Waals surface area contributed by atoms with Gasteiger partial charge in [0.25, 0.3) is 5.91 Å². The molecule has 0 atom stereocenters. The summed E-state index contributed by atoms with van der Waals surface area (Å²) in [6, 6.07) is 21.7. The Bertz CT molecular complexity index is 1230. The van der Waals surface area contributed by atoms with E-state index in [4.69, 9.17) is 10.8 Å². The molecule has 1 aliphatic rings. The molecule has 8 nitrogen and oxygen atoms in total. The Kier molecular flexibility index (Phi) is 5.91. The molecule has 8 heteroatoms. The number of para-hydroxylation sites is 2. The lowest BCUT2D eigenvalue weighted by Crippen LogP contribution is -2.33. The molecule has 0 aliphatic heterocycles. The Morgan fingerprint density at radius 3 is 2.30 bits per heavy atom. The lowest BCUT2D eigenvalue weighted by molar-refractivity contribution is 0.102. The van der Waals surface area contributed by atoms with E-state index in [9.17, 15) is 4.79 Å². The number of carbonyl (C=O) groups is 1. The minimum absolute atomic E-state index is 0.271. The van der Waals surface area contributed by atoms with E-state index in [2.05, 4.69) is 20.9 Å². The number of carbonyl (C=O) groups excluding carboxylic acids is 1. The van der Waals surface area contributed by atoms with Gasteiger partial charge in [-0.15, -0.1) is 5.10 Å². The molecule has 168 valence electrons. The topological polar surface area (TPSA) is 109 Å². The predicted molar refractivity (Wildman–Crippen MR) is 131 cm³/mol. The van der Waals surface area contributed by atoms with E-state index >= 15 is 0 Å². The van der Waals surface area contributed by atoms with Crippen LogP contribution in [0.15, 0.2) is 72.9 Å². The lowest BCUT2D eigenvalue weighted by Gasteiger charge is -2.27. The number of nitrogens with one attached hydrogen (secondary N) is 3. The monoisotopic (exact) mass is 441 g/mol. The van der Waals surface area contributed by atoms with Crippen molar-refractivity contribution in [1.82, 2.24) is 14.6 Å². The van der Waals surface area contributed by atoms with Crippen LogP contribution in [-0.4, -0.2) is 32.6 Å². The first-order chi connectivity index (χ1) is 16.2. The molecule has 5 N–H and O–H groups in total. The van der Waals surface area contributed by atoms with E-state index < -0.39 is 0 Å². The van der Waals surface area contributed by atoms with Gasteiger partial charge in [0.15, 0.2) is 11.3 Å². The van der Waals surface area contributed by atoms with Crippen LogP contribution in [0.5, 0.6) is 0 Å². The van der Waals surface area contributed by atoms with Gasteiger partial charge in [-0.25, -0.2) is 9.50 Å². The van der Waals surface area contributed by atoms with Crippen molar-refractivity contribution in [2.45, 2.75) is 37.8 Å². The second kappa shape index (κ2) is 9.30. The normalized spacial score (nSPS) is 18.1. The molecular weight excluding hydrogens is 414 g/mol. The highest BCUT2D eigenvalue weighted by molar-refractivity contribution is 6.03. The molecular formula is C25H27N7O. The van der Waals surface area contributed by atoms with Crippen molar-refractivity contribution in [2.75, 3.05) is 16.0 Å². The van der Waals surface area contributed by atoms with Crippen LogP contribution >= 0.6 is 0 Å². The van der Waals surface area contributed by atoms with Crippen LogP contribution in [0, 0.1) is 0 Å². The fourth-order valence-electron chi connectivity index (χ4n) is 4.15. The van der Waals surface area contributed by atoms with Crippen molar-refractivity contribution < 1.29 is 4.79 Å². The fraction of sp³-hybridized carbons (Fsp3) is 0.240. The second-order valence-corrected chi connectivity index (χ2v) is 8.39.